The number of nitrogens with one attached hydrogen (secondary N) is 1. The molecular weight excluding hydrogens is 203 g/mol. The van der Waals surface area contributed by atoms with E-state index >= 15 is 0 Å². The second-order valence-electron chi connectivity index (χ2n) is 4.39. The first-order valence-electron chi connectivity index (χ1n) is 5.98. The maximum absolute atomic E-state index is 13.5. The second kappa shape index (κ2) is 6.59. The molecule has 1 aromatic heterocycles. The van der Waals surface area contributed by atoms with Gasteiger partial charge in [-0.15, -0.1) is 0 Å². The first-order chi connectivity index (χ1) is 7.65. The van der Waals surface area contributed by atoms with Crippen LogP contribution in [0.5, 0.6) is 0 Å². The SMILES string of the molecule is CCCNC(C)CC(C)c1ccncc1F. The zero-order valence-corrected chi connectivity index (χ0v) is 10.3. The molecule has 0 spiro atoms. The summed E-state index contributed by atoms with van der Waals surface area (Å²) in [6.07, 6.45) is 5.01. The Morgan fingerprint density at radius 1 is 1.44 bits per heavy atom. The molecule has 1 aromatic rings. The van der Waals surface area contributed by atoms with Gasteiger partial charge < -0.3 is 5.32 Å². The molecule has 2 atom stereocenters. The Labute approximate surface area is 97.3 Å². The van der Waals surface area contributed by atoms with E-state index in [1.165, 1.54) is 6.20 Å². The van der Waals surface area contributed by atoms with E-state index in [1.807, 2.05) is 0 Å². The highest BCUT2D eigenvalue weighted by Crippen LogP contribution is 2.22. The number of aromatic nitrogens is 1. The Hall–Kier alpha value is -0.960. The number of rotatable bonds is 6. The van der Waals surface area contributed by atoms with Crippen LogP contribution in [0.1, 0.15) is 45.1 Å². The van der Waals surface area contributed by atoms with Gasteiger partial charge in [0.25, 0.3) is 0 Å². The van der Waals surface area contributed by atoms with Crippen molar-refractivity contribution in [1.82, 2.24) is 10.3 Å². The highest BCUT2D eigenvalue weighted by molar-refractivity contribution is 5.17. The molecule has 0 aliphatic rings. The third-order valence-corrected chi connectivity index (χ3v) is 2.78. The molecule has 16 heavy (non-hydrogen) atoms. The Morgan fingerprint density at radius 2 is 2.19 bits per heavy atom. The lowest BCUT2D eigenvalue weighted by Gasteiger charge is -2.18. The van der Waals surface area contributed by atoms with Gasteiger partial charge in [0.2, 0.25) is 0 Å². The summed E-state index contributed by atoms with van der Waals surface area (Å²) < 4.78 is 13.5. The number of halogens is 1. The Kier molecular flexibility index (Phi) is 5.39. The molecule has 1 heterocycles. The van der Waals surface area contributed by atoms with Crippen LogP contribution in [0, 0.1) is 5.82 Å². The van der Waals surface area contributed by atoms with Crippen molar-refractivity contribution in [3.63, 3.8) is 0 Å². The molecule has 0 bridgehead atoms. The van der Waals surface area contributed by atoms with Crippen LogP contribution < -0.4 is 5.32 Å². The van der Waals surface area contributed by atoms with Gasteiger partial charge in [-0.1, -0.05) is 13.8 Å². The predicted octanol–water partition coefficient (Wildman–Crippen LogP) is 3.10. The van der Waals surface area contributed by atoms with Crippen LogP contribution in [0.2, 0.25) is 0 Å². The molecule has 0 saturated carbocycles. The van der Waals surface area contributed by atoms with Crippen LogP contribution in [-0.4, -0.2) is 17.6 Å². The average Bonchev–Trinajstić information content (AvgIpc) is 2.26. The van der Waals surface area contributed by atoms with Crippen LogP contribution in [0.3, 0.4) is 0 Å². The van der Waals surface area contributed by atoms with Crippen molar-refractivity contribution < 1.29 is 4.39 Å². The van der Waals surface area contributed by atoms with Gasteiger partial charge in [0, 0.05) is 12.2 Å². The van der Waals surface area contributed by atoms with E-state index in [0.29, 0.717) is 6.04 Å². The quantitative estimate of drug-likeness (QED) is 0.803. The summed E-state index contributed by atoms with van der Waals surface area (Å²) in [6.45, 7) is 7.37. The Morgan fingerprint density at radius 3 is 2.81 bits per heavy atom. The molecule has 2 unspecified atom stereocenters. The highest BCUT2D eigenvalue weighted by atomic mass is 19.1. The van der Waals surface area contributed by atoms with E-state index in [0.717, 1.165) is 24.9 Å². The molecule has 1 rings (SSSR count). The van der Waals surface area contributed by atoms with Crippen molar-refractivity contribution in [2.45, 2.75) is 45.6 Å². The Balaban J connectivity index is 2.52. The van der Waals surface area contributed by atoms with Gasteiger partial charge in [-0.25, -0.2) is 4.39 Å². The molecule has 0 radical (unpaired) electrons. The van der Waals surface area contributed by atoms with Gasteiger partial charge in [0.05, 0.1) is 6.20 Å². The summed E-state index contributed by atoms with van der Waals surface area (Å²) in [5.41, 5.74) is 0.764. The maximum atomic E-state index is 13.5. The second-order valence-corrected chi connectivity index (χ2v) is 4.39. The number of nitrogens with zero attached hydrogens (tertiary/aromatic N) is 1. The number of pyridine rings is 1. The third-order valence-electron chi connectivity index (χ3n) is 2.78. The molecular formula is C13H21FN2. The van der Waals surface area contributed by atoms with Crippen molar-refractivity contribution in [1.29, 1.82) is 0 Å². The third kappa shape index (κ3) is 3.89. The maximum Gasteiger partial charge on any atom is 0.144 e. The smallest absolute Gasteiger partial charge is 0.144 e. The zero-order chi connectivity index (χ0) is 12.0. The van der Waals surface area contributed by atoms with Crippen LogP contribution in [0.25, 0.3) is 0 Å². The topological polar surface area (TPSA) is 24.9 Å². The van der Waals surface area contributed by atoms with Crippen molar-refractivity contribution in [3.05, 3.63) is 29.8 Å². The highest BCUT2D eigenvalue weighted by Gasteiger charge is 2.13. The number of hydrogen-bond donors (Lipinski definition) is 1. The summed E-state index contributed by atoms with van der Waals surface area (Å²) >= 11 is 0. The van der Waals surface area contributed by atoms with Crippen LogP contribution >= 0.6 is 0 Å². The summed E-state index contributed by atoms with van der Waals surface area (Å²) in [4.78, 5) is 3.77. The number of hydrogen-bond acceptors (Lipinski definition) is 2. The van der Waals surface area contributed by atoms with Crippen molar-refractivity contribution >= 4 is 0 Å². The molecule has 90 valence electrons. The monoisotopic (exact) mass is 224 g/mol. The lowest BCUT2D eigenvalue weighted by atomic mass is 9.95. The van der Waals surface area contributed by atoms with Gasteiger partial charge in [-0.05, 0) is 43.9 Å². The molecule has 0 saturated heterocycles. The van der Waals surface area contributed by atoms with Gasteiger partial charge in [-0.3, -0.25) is 4.98 Å². The van der Waals surface area contributed by atoms with Crippen LogP contribution in [-0.2, 0) is 0 Å². The minimum atomic E-state index is -0.197. The summed E-state index contributed by atoms with van der Waals surface area (Å²) in [5, 5.41) is 3.41. The van der Waals surface area contributed by atoms with E-state index in [1.54, 1.807) is 12.3 Å². The van der Waals surface area contributed by atoms with Gasteiger partial charge in [0.1, 0.15) is 5.82 Å². The molecule has 0 aliphatic heterocycles. The molecule has 1 N–H and O–H groups in total. The summed E-state index contributed by atoms with van der Waals surface area (Å²) in [5.74, 6) is 0.0278. The first kappa shape index (κ1) is 13.1. The van der Waals surface area contributed by atoms with E-state index < -0.39 is 0 Å². The standard InChI is InChI=1S/C13H21FN2/c1-4-6-16-11(3)8-10(2)12-5-7-15-9-13(12)14/h5,7,9-11,16H,4,6,8H2,1-3H3. The van der Waals surface area contributed by atoms with Gasteiger partial charge >= 0.3 is 0 Å². The van der Waals surface area contributed by atoms with Crippen molar-refractivity contribution in [2.24, 2.45) is 0 Å². The molecule has 2 nitrogen and oxygen atoms in total. The van der Waals surface area contributed by atoms with E-state index in [-0.39, 0.29) is 11.7 Å². The summed E-state index contributed by atoms with van der Waals surface area (Å²) in [7, 11) is 0. The summed E-state index contributed by atoms with van der Waals surface area (Å²) in [6, 6.07) is 2.19. The molecule has 0 aromatic carbocycles. The molecule has 3 heteroatoms. The van der Waals surface area contributed by atoms with E-state index in [4.69, 9.17) is 0 Å². The van der Waals surface area contributed by atoms with E-state index in [2.05, 4.69) is 31.1 Å². The van der Waals surface area contributed by atoms with Crippen LogP contribution in [0.4, 0.5) is 4.39 Å². The molecule has 0 fully saturated rings. The zero-order valence-electron chi connectivity index (χ0n) is 10.3. The van der Waals surface area contributed by atoms with Crippen LogP contribution in [0.15, 0.2) is 18.5 Å². The molecule has 0 aliphatic carbocycles. The molecule has 0 amide bonds. The predicted molar refractivity (Wildman–Crippen MR) is 65.0 cm³/mol. The van der Waals surface area contributed by atoms with Crippen molar-refractivity contribution in [3.8, 4) is 0 Å². The van der Waals surface area contributed by atoms with Crippen molar-refractivity contribution in [2.75, 3.05) is 6.54 Å². The largest absolute Gasteiger partial charge is 0.314 e. The van der Waals surface area contributed by atoms with Gasteiger partial charge in [0.15, 0.2) is 0 Å². The minimum Gasteiger partial charge on any atom is -0.314 e. The van der Waals surface area contributed by atoms with E-state index in [9.17, 15) is 4.39 Å². The Bertz CT molecular complexity index is 315. The van der Waals surface area contributed by atoms with Gasteiger partial charge in [-0.2, -0.15) is 0 Å². The fourth-order valence-corrected chi connectivity index (χ4v) is 1.92. The fraction of sp³-hybridized carbons (Fsp3) is 0.615. The fourth-order valence-electron chi connectivity index (χ4n) is 1.92. The first-order valence-corrected chi connectivity index (χ1v) is 5.98. The lowest BCUT2D eigenvalue weighted by Crippen LogP contribution is -2.28. The average molecular weight is 224 g/mol. The normalized spacial score (nSPS) is 14.8. The minimum absolute atomic E-state index is 0.197. The lowest BCUT2D eigenvalue weighted by molar-refractivity contribution is 0.468.